The lowest BCUT2D eigenvalue weighted by molar-refractivity contribution is -0.0193. The monoisotopic (exact) mass is 254 g/mol. The lowest BCUT2D eigenvalue weighted by Gasteiger charge is -2.29. The molecule has 1 rings (SSSR count). The van der Waals surface area contributed by atoms with Crippen molar-refractivity contribution in [3.8, 4) is 0 Å². The summed E-state index contributed by atoms with van der Waals surface area (Å²) in [5.41, 5.74) is 2.09. The average Bonchev–Trinajstić information content (AvgIpc) is 2.20. The minimum atomic E-state index is -0.0616. The molecular weight excluding hydrogens is 232 g/mol. The van der Waals surface area contributed by atoms with Crippen LogP contribution in [0.1, 0.15) is 50.9 Å². The molecule has 0 spiro atoms. The molecule has 1 N–H and O–H groups in total. The first-order valence-corrected chi connectivity index (χ1v) is 6.37. The summed E-state index contributed by atoms with van der Waals surface area (Å²) in [7, 11) is 0. The van der Waals surface area contributed by atoms with Crippen molar-refractivity contribution >= 4 is 12.2 Å². The van der Waals surface area contributed by atoms with Gasteiger partial charge in [-0.2, -0.15) is 0 Å². The van der Waals surface area contributed by atoms with E-state index in [4.69, 9.17) is 17.0 Å². The van der Waals surface area contributed by atoms with Gasteiger partial charge in [-0.1, -0.05) is 33.0 Å². The normalized spacial score (nSPS) is 13.8. The molecule has 17 heavy (non-hydrogen) atoms. The molecule has 0 aliphatic heterocycles. The second-order valence-electron chi connectivity index (χ2n) is 5.38. The number of aromatic amines is 1. The second-order valence-corrected chi connectivity index (χ2v) is 5.77. The quantitative estimate of drug-likeness (QED) is 0.832. The summed E-state index contributed by atoms with van der Waals surface area (Å²) in [5, 5.41) is 0. The third-order valence-electron chi connectivity index (χ3n) is 2.79. The van der Waals surface area contributed by atoms with Crippen LogP contribution >= 0.6 is 12.2 Å². The Morgan fingerprint density at radius 3 is 2.35 bits per heavy atom. The lowest BCUT2D eigenvalue weighted by atomic mass is 9.88. The van der Waals surface area contributed by atoms with Gasteiger partial charge in [-0.25, -0.2) is 4.98 Å². The third-order valence-corrected chi connectivity index (χ3v) is 3.19. The summed E-state index contributed by atoms with van der Waals surface area (Å²) in [6, 6.07) is 0. The Balaban J connectivity index is 3.25. The zero-order chi connectivity index (χ0) is 13.2. The van der Waals surface area contributed by atoms with Gasteiger partial charge in [-0.05, 0) is 26.2 Å². The molecule has 0 bridgehead atoms. The first-order valence-electron chi connectivity index (χ1n) is 5.96. The number of rotatable bonds is 3. The summed E-state index contributed by atoms with van der Waals surface area (Å²) in [6.07, 6.45) is -0.0616. The van der Waals surface area contributed by atoms with E-state index in [0.29, 0.717) is 11.2 Å². The standard InChI is InChI=1S/C13H22N2OS/c1-7-16-10(13(4,5)6)11-14-9(3)8(2)12(17)15-11/h10H,7H2,1-6H3,(H,14,15,17). The van der Waals surface area contributed by atoms with Crippen LogP contribution in [-0.2, 0) is 4.74 Å². The highest BCUT2D eigenvalue weighted by Crippen LogP contribution is 2.34. The number of nitrogens with zero attached hydrogens (tertiary/aromatic N) is 1. The Morgan fingerprint density at radius 2 is 1.94 bits per heavy atom. The number of hydrogen-bond acceptors (Lipinski definition) is 3. The molecule has 1 atom stereocenters. The molecule has 0 fully saturated rings. The smallest absolute Gasteiger partial charge is 0.137 e. The minimum Gasteiger partial charge on any atom is -0.370 e. The second kappa shape index (κ2) is 5.27. The maximum absolute atomic E-state index is 5.80. The van der Waals surface area contributed by atoms with E-state index in [1.165, 1.54) is 0 Å². The van der Waals surface area contributed by atoms with Gasteiger partial charge in [0.1, 0.15) is 16.6 Å². The maximum atomic E-state index is 5.80. The summed E-state index contributed by atoms with van der Waals surface area (Å²) in [4.78, 5) is 7.76. The third kappa shape index (κ3) is 3.36. The molecule has 3 nitrogen and oxygen atoms in total. The molecule has 0 aliphatic rings. The van der Waals surface area contributed by atoms with Crippen LogP contribution in [-0.4, -0.2) is 16.6 Å². The van der Waals surface area contributed by atoms with E-state index in [1.54, 1.807) is 0 Å². The van der Waals surface area contributed by atoms with Gasteiger partial charge in [-0.15, -0.1) is 0 Å². The van der Waals surface area contributed by atoms with Gasteiger partial charge in [0.05, 0.1) is 0 Å². The van der Waals surface area contributed by atoms with Gasteiger partial charge in [0.2, 0.25) is 0 Å². The number of H-pyrrole nitrogens is 1. The molecule has 0 saturated carbocycles. The number of ether oxygens (including phenoxy) is 1. The average molecular weight is 254 g/mol. The van der Waals surface area contributed by atoms with Crippen LogP contribution in [0, 0.1) is 23.9 Å². The SMILES string of the molecule is CCOC(c1nc(=S)c(C)c(C)[nH]1)C(C)(C)C. The molecule has 0 aliphatic carbocycles. The Kier molecular flexibility index (Phi) is 4.44. The number of hydrogen-bond donors (Lipinski definition) is 1. The highest BCUT2D eigenvalue weighted by Gasteiger charge is 2.29. The largest absolute Gasteiger partial charge is 0.370 e. The van der Waals surface area contributed by atoms with Crippen LogP contribution in [0.5, 0.6) is 0 Å². The Morgan fingerprint density at radius 1 is 1.35 bits per heavy atom. The van der Waals surface area contributed by atoms with E-state index in [9.17, 15) is 0 Å². The molecule has 4 heteroatoms. The molecular formula is C13H22N2OS. The van der Waals surface area contributed by atoms with Crippen molar-refractivity contribution in [2.24, 2.45) is 5.41 Å². The van der Waals surface area contributed by atoms with Crippen molar-refractivity contribution in [2.45, 2.75) is 47.6 Å². The van der Waals surface area contributed by atoms with E-state index in [-0.39, 0.29) is 11.5 Å². The van der Waals surface area contributed by atoms with Crippen LogP contribution < -0.4 is 0 Å². The Bertz CT molecular complexity index is 446. The fraction of sp³-hybridized carbons (Fsp3) is 0.692. The van der Waals surface area contributed by atoms with E-state index >= 15 is 0 Å². The van der Waals surface area contributed by atoms with Crippen molar-refractivity contribution in [1.29, 1.82) is 0 Å². The summed E-state index contributed by atoms with van der Waals surface area (Å²) in [6.45, 7) is 13.1. The molecule has 1 unspecified atom stereocenters. The molecule has 1 aromatic rings. The maximum Gasteiger partial charge on any atom is 0.137 e. The van der Waals surface area contributed by atoms with Gasteiger partial charge in [0.15, 0.2) is 0 Å². The van der Waals surface area contributed by atoms with Crippen LogP contribution in [0.25, 0.3) is 0 Å². The topological polar surface area (TPSA) is 37.9 Å². The number of aromatic nitrogens is 2. The predicted molar refractivity (Wildman–Crippen MR) is 72.7 cm³/mol. The zero-order valence-electron chi connectivity index (χ0n) is 11.5. The molecule has 1 aromatic heterocycles. The van der Waals surface area contributed by atoms with Crippen LogP contribution in [0.15, 0.2) is 0 Å². The summed E-state index contributed by atoms with van der Waals surface area (Å²) < 4.78 is 6.46. The highest BCUT2D eigenvalue weighted by molar-refractivity contribution is 7.71. The van der Waals surface area contributed by atoms with Crippen molar-refractivity contribution < 1.29 is 4.74 Å². The minimum absolute atomic E-state index is 0.0109. The number of nitrogens with one attached hydrogen (secondary N) is 1. The fourth-order valence-electron chi connectivity index (χ4n) is 1.70. The van der Waals surface area contributed by atoms with Gasteiger partial charge < -0.3 is 9.72 Å². The fourth-order valence-corrected chi connectivity index (χ4v) is 1.95. The van der Waals surface area contributed by atoms with Crippen LogP contribution in [0.4, 0.5) is 0 Å². The molecule has 0 radical (unpaired) electrons. The van der Waals surface area contributed by atoms with Crippen LogP contribution in [0.2, 0.25) is 0 Å². The van der Waals surface area contributed by atoms with E-state index in [2.05, 4.69) is 30.7 Å². The van der Waals surface area contributed by atoms with Crippen molar-refractivity contribution in [2.75, 3.05) is 6.61 Å². The first kappa shape index (κ1) is 14.3. The van der Waals surface area contributed by atoms with E-state index < -0.39 is 0 Å². The Hall–Kier alpha value is -0.740. The molecule has 96 valence electrons. The van der Waals surface area contributed by atoms with Crippen molar-refractivity contribution in [1.82, 2.24) is 9.97 Å². The zero-order valence-corrected chi connectivity index (χ0v) is 12.4. The van der Waals surface area contributed by atoms with E-state index in [0.717, 1.165) is 17.1 Å². The van der Waals surface area contributed by atoms with Gasteiger partial charge in [0, 0.05) is 17.9 Å². The van der Waals surface area contributed by atoms with Crippen molar-refractivity contribution in [3.63, 3.8) is 0 Å². The number of aryl methyl sites for hydroxylation is 1. The molecule has 1 heterocycles. The van der Waals surface area contributed by atoms with E-state index in [1.807, 2.05) is 20.8 Å². The Labute approximate surface area is 109 Å². The van der Waals surface area contributed by atoms with Gasteiger partial charge in [0.25, 0.3) is 0 Å². The van der Waals surface area contributed by atoms with Gasteiger partial charge in [-0.3, -0.25) is 0 Å². The van der Waals surface area contributed by atoms with Crippen molar-refractivity contribution in [3.05, 3.63) is 21.7 Å². The predicted octanol–water partition coefficient (Wildman–Crippen LogP) is 3.88. The van der Waals surface area contributed by atoms with Crippen LogP contribution in [0.3, 0.4) is 0 Å². The first-order chi connectivity index (χ1) is 7.77. The summed E-state index contributed by atoms with van der Waals surface area (Å²) >= 11 is 5.27. The summed E-state index contributed by atoms with van der Waals surface area (Å²) in [5.74, 6) is 0.826. The highest BCUT2D eigenvalue weighted by atomic mass is 32.1. The lowest BCUT2D eigenvalue weighted by Crippen LogP contribution is -2.24. The molecule has 0 saturated heterocycles. The van der Waals surface area contributed by atoms with Gasteiger partial charge >= 0.3 is 0 Å². The molecule has 0 aromatic carbocycles. The molecule has 0 amide bonds.